The van der Waals surface area contributed by atoms with Gasteiger partial charge >= 0.3 is 11.9 Å². The van der Waals surface area contributed by atoms with Crippen molar-refractivity contribution < 1.29 is 28.5 Å². The molecule has 6 heteroatoms. The van der Waals surface area contributed by atoms with E-state index < -0.39 is 18.5 Å². The molecule has 134 valence electrons. The Labute approximate surface area is 142 Å². The van der Waals surface area contributed by atoms with Crippen molar-refractivity contribution in [2.24, 2.45) is 17.8 Å². The van der Waals surface area contributed by atoms with Crippen LogP contribution in [0, 0.1) is 17.8 Å². The van der Waals surface area contributed by atoms with Crippen LogP contribution in [0.2, 0.25) is 0 Å². The Hall–Kier alpha value is -1.40. The Kier molecular flexibility index (Phi) is 5.25. The van der Waals surface area contributed by atoms with Crippen LogP contribution in [0.5, 0.6) is 0 Å². The first-order valence-electron chi connectivity index (χ1n) is 8.66. The molecule has 0 saturated heterocycles. The fourth-order valence-corrected chi connectivity index (χ4v) is 4.81. The van der Waals surface area contributed by atoms with Gasteiger partial charge in [-0.15, -0.1) is 0 Å². The molecule has 4 aliphatic carbocycles. The van der Waals surface area contributed by atoms with Crippen LogP contribution in [0.3, 0.4) is 0 Å². The summed E-state index contributed by atoms with van der Waals surface area (Å²) in [6.07, 6.45) is 7.51. The highest BCUT2D eigenvalue weighted by Crippen LogP contribution is 2.57. The third-order valence-corrected chi connectivity index (χ3v) is 5.40. The smallest absolute Gasteiger partial charge is 0.346 e. The highest BCUT2D eigenvalue weighted by atomic mass is 16.8. The van der Waals surface area contributed by atoms with E-state index in [1.165, 1.54) is 26.2 Å². The zero-order valence-electron chi connectivity index (χ0n) is 14.3. The minimum atomic E-state index is -0.653. The Morgan fingerprint density at radius 3 is 2.12 bits per heavy atom. The molecule has 0 aromatic heterocycles. The Bertz CT molecular complexity index is 476. The first kappa shape index (κ1) is 17.4. The van der Waals surface area contributed by atoms with Gasteiger partial charge in [0.15, 0.2) is 20.2 Å². The molecule has 0 aromatic rings. The summed E-state index contributed by atoms with van der Waals surface area (Å²) in [7, 11) is 0. The van der Waals surface area contributed by atoms with E-state index in [-0.39, 0.29) is 24.8 Å². The van der Waals surface area contributed by atoms with Crippen molar-refractivity contribution in [1.82, 2.24) is 0 Å². The van der Waals surface area contributed by atoms with Crippen LogP contribution in [-0.2, 0) is 28.5 Å². The molecule has 0 aromatic carbocycles. The van der Waals surface area contributed by atoms with Crippen LogP contribution in [-0.4, -0.2) is 37.7 Å². The lowest BCUT2D eigenvalue weighted by atomic mass is 9.54. The van der Waals surface area contributed by atoms with E-state index in [9.17, 15) is 9.59 Å². The highest BCUT2D eigenvalue weighted by molar-refractivity contribution is 5.88. The maximum atomic E-state index is 11.4. The van der Waals surface area contributed by atoms with Crippen molar-refractivity contribution in [2.45, 2.75) is 51.0 Å². The van der Waals surface area contributed by atoms with E-state index in [1.54, 1.807) is 0 Å². The zero-order chi connectivity index (χ0) is 17.2. The molecule has 0 atom stereocenters. The molecule has 0 amide bonds. The SMILES string of the molecule is C=C(C)C(=O)OCC(=O)OCOCOC12CC3CC(CC(C3)C1)C2. The molecular formula is C18H26O6. The summed E-state index contributed by atoms with van der Waals surface area (Å²) in [5.74, 6) is 1.18. The number of esters is 2. The van der Waals surface area contributed by atoms with Crippen molar-refractivity contribution in [1.29, 1.82) is 0 Å². The summed E-state index contributed by atoms with van der Waals surface area (Å²) in [5, 5.41) is 0. The van der Waals surface area contributed by atoms with Crippen molar-refractivity contribution in [2.75, 3.05) is 20.2 Å². The number of carbonyl (C=O) groups is 2. The number of rotatable bonds is 8. The first-order chi connectivity index (χ1) is 11.5. The number of carbonyl (C=O) groups excluding carboxylic acids is 2. The number of hydrogen-bond donors (Lipinski definition) is 0. The molecule has 6 nitrogen and oxygen atoms in total. The minimum absolute atomic E-state index is 0.0181. The maximum Gasteiger partial charge on any atom is 0.346 e. The van der Waals surface area contributed by atoms with Crippen LogP contribution in [0.25, 0.3) is 0 Å². The zero-order valence-corrected chi connectivity index (χ0v) is 14.3. The lowest BCUT2D eigenvalue weighted by Gasteiger charge is -2.56. The fraction of sp³-hybridized carbons (Fsp3) is 0.778. The number of ether oxygens (including phenoxy) is 4. The van der Waals surface area contributed by atoms with Crippen molar-refractivity contribution in [3.63, 3.8) is 0 Å². The van der Waals surface area contributed by atoms with E-state index in [4.69, 9.17) is 14.2 Å². The molecule has 4 bridgehead atoms. The summed E-state index contributed by atoms with van der Waals surface area (Å²) in [6, 6.07) is 0. The summed E-state index contributed by atoms with van der Waals surface area (Å²) < 4.78 is 20.8. The summed E-state index contributed by atoms with van der Waals surface area (Å²) in [5.41, 5.74) is 0.221. The van der Waals surface area contributed by atoms with Crippen molar-refractivity contribution >= 4 is 11.9 Å². The second-order valence-corrected chi connectivity index (χ2v) is 7.56. The van der Waals surface area contributed by atoms with Crippen LogP contribution in [0.1, 0.15) is 45.4 Å². The normalized spacial score (nSPS) is 33.3. The molecule has 24 heavy (non-hydrogen) atoms. The first-order valence-corrected chi connectivity index (χ1v) is 8.66. The van der Waals surface area contributed by atoms with Gasteiger partial charge in [0.25, 0.3) is 0 Å². The van der Waals surface area contributed by atoms with Gasteiger partial charge < -0.3 is 18.9 Å². The van der Waals surface area contributed by atoms with Gasteiger partial charge in [0, 0.05) is 5.57 Å². The standard InChI is InChI=1S/C18H26O6/c1-12(2)17(20)22-9-16(19)23-10-21-11-24-18-6-13-3-14(7-18)5-15(4-13)8-18/h13-15H,1,3-11H2,2H3. The summed E-state index contributed by atoms with van der Waals surface area (Å²) in [4.78, 5) is 22.6. The second kappa shape index (κ2) is 7.23. The molecule has 0 unspecified atom stereocenters. The van der Waals surface area contributed by atoms with Crippen molar-refractivity contribution in [3.05, 3.63) is 12.2 Å². The molecule has 4 rings (SSSR count). The predicted molar refractivity (Wildman–Crippen MR) is 84.7 cm³/mol. The summed E-state index contributed by atoms with van der Waals surface area (Å²) >= 11 is 0. The molecule has 0 heterocycles. The molecule has 4 saturated carbocycles. The van der Waals surface area contributed by atoms with Crippen LogP contribution in [0.15, 0.2) is 12.2 Å². The lowest BCUT2D eigenvalue weighted by Crippen LogP contribution is -2.52. The quantitative estimate of drug-likeness (QED) is 0.293. The summed E-state index contributed by atoms with van der Waals surface area (Å²) in [6.45, 7) is 4.43. The largest absolute Gasteiger partial charge is 0.450 e. The Morgan fingerprint density at radius 1 is 1.00 bits per heavy atom. The van der Waals surface area contributed by atoms with Gasteiger partial charge in [-0.2, -0.15) is 0 Å². The van der Waals surface area contributed by atoms with Gasteiger partial charge in [0.1, 0.15) is 0 Å². The van der Waals surface area contributed by atoms with Gasteiger partial charge in [-0.3, -0.25) is 0 Å². The number of hydrogen-bond acceptors (Lipinski definition) is 6. The van der Waals surface area contributed by atoms with E-state index in [0.29, 0.717) is 0 Å². The topological polar surface area (TPSA) is 71.1 Å². The molecule has 0 spiro atoms. The highest BCUT2D eigenvalue weighted by Gasteiger charge is 2.51. The maximum absolute atomic E-state index is 11.4. The molecule has 0 N–H and O–H groups in total. The van der Waals surface area contributed by atoms with Gasteiger partial charge in [-0.25, -0.2) is 9.59 Å². The molecular weight excluding hydrogens is 312 g/mol. The second-order valence-electron chi connectivity index (χ2n) is 7.56. The van der Waals surface area contributed by atoms with E-state index in [1.807, 2.05) is 0 Å². The predicted octanol–water partition coefficient (Wildman–Crippen LogP) is 2.57. The van der Waals surface area contributed by atoms with Gasteiger partial charge in [-0.1, -0.05) is 6.58 Å². The van der Waals surface area contributed by atoms with E-state index in [2.05, 4.69) is 11.3 Å². The van der Waals surface area contributed by atoms with Crippen LogP contribution in [0.4, 0.5) is 0 Å². The van der Waals surface area contributed by atoms with E-state index in [0.717, 1.165) is 37.0 Å². The molecule has 0 aliphatic heterocycles. The van der Waals surface area contributed by atoms with Crippen molar-refractivity contribution in [3.8, 4) is 0 Å². The lowest BCUT2D eigenvalue weighted by molar-refractivity contribution is -0.226. The van der Waals surface area contributed by atoms with Gasteiger partial charge in [0.2, 0.25) is 0 Å². The Balaban J connectivity index is 1.30. The average Bonchev–Trinajstić information content (AvgIpc) is 2.50. The minimum Gasteiger partial charge on any atom is -0.450 e. The average molecular weight is 338 g/mol. The van der Waals surface area contributed by atoms with Crippen LogP contribution < -0.4 is 0 Å². The van der Waals surface area contributed by atoms with E-state index >= 15 is 0 Å². The third-order valence-electron chi connectivity index (χ3n) is 5.40. The Morgan fingerprint density at radius 2 is 1.58 bits per heavy atom. The van der Waals surface area contributed by atoms with Gasteiger partial charge in [-0.05, 0) is 63.2 Å². The molecule has 0 radical (unpaired) electrons. The monoisotopic (exact) mass is 338 g/mol. The van der Waals surface area contributed by atoms with Crippen LogP contribution >= 0.6 is 0 Å². The van der Waals surface area contributed by atoms with Gasteiger partial charge in [0.05, 0.1) is 5.60 Å². The molecule has 4 aliphatic rings. The fourth-order valence-electron chi connectivity index (χ4n) is 4.81. The third kappa shape index (κ3) is 4.16. The molecule has 4 fully saturated rings.